The van der Waals surface area contributed by atoms with E-state index in [1.165, 1.54) is 12.1 Å². The number of anilines is 3. The van der Waals surface area contributed by atoms with Gasteiger partial charge < -0.3 is 11.1 Å². The lowest BCUT2D eigenvalue weighted by atomic mass is 10.2. The molecule has 0 spiro atoms. The highest BCUT2D eigenvalue weighted by atomic mass is 32.2. The van der Waals surface area contributed by atoms with Crippen LogP contribution in [0.4, 0.5) is 21.8 Å². The first-order valence-corrected chi connectivity index (χ1v) is 9.94. The number of hydrogen-bond acceptors (Lipinski definition) is 7. The van der Waals surface area contributed by atoms with Crippen molar-refractivity contribution in [2.75, 3.05) is 27.7 Å². The predicted octanol–water partition coefficient (Wildman–Crippen LogP) is 1.24. The second-order valence-electron chi connectivity index (χ2n) is 6.32. The molecule has 3 aromatic rings. The number of benzene rings is 1. The number of nitrogen functional groups attached to an aromatic ring is 1. The molecule has 0 amide bonds. The van der Waals surface area contributed by atoms with Crippen LogP contribution in [0.5, 0.6) is 0 Å². The Kier molecular flexibility index (Phi) is 4.10. The largest absolute Gasteiger partial charge is 0.383 e. The number of rotatable bonds is 4. The van der Waals surface area contributed by atoms with Gasteiger partial charge in [0.15, 0.2) is 5.65 Å². The standard InChI is InChI=1S/C16H18FN7O2S/c1-23-15-11(9-20-23)14(18)21-16(22-15)19-8-10-3-4-13(12(17)7-10)24-5-2-6-27(24,25)26/h3-4,7,9H,2,5-6,8H2,1H3,(H3,18,19,21,22). The topological polar surface area (TPSA) is 119 Å². The van der Waals surface area contributed by atoms with Crippen molar-refractivity contribution in [1.82, 2.24) is 19.7 Å². The van der Waals surface area contributed by atoms with Gasteiger partial charge in [0.2, 0.25) is 16.0 Å². The number of aryl methyl sites for hydroxylation is 1. The van der Waals surface area contributed by atoms with E-state index in [2.05, 4.69) is 20.4 Å². The lowest BCUT2D eigenvalue weighted by molar-refractivity contribution is 0.594. The summed E-state index contributed by atoms with van der Waals surface area (Å²) in [6.07, 6.45) is 2.09. The number of halogens is 1. The molecule has 1 fully saturated rings. The highest BCUT2D eigenvalue weighted by Crippen LogP contribution is 2.27. The molecule has 3 heterocycles. The molecule has 1 aromatic carbocycles. The van der Waals surface area contributed by atoms with Gasteiger partial charge in [0.25, 0.3) is 0 Å². The molecule has 0 radical (unpaired) electrons. The number of nitrogens with zero attached hydrogens (tertiary/aromatic N) is 5. The van der Waals surface area contributed by atoms with Gasteiger partial charge in [0.05, 0.1) is 23.0 Å². The molecular weight excluding hydrogens is 373 g/mol. The number of hydrogen-bond donors (Lipinski definition) is 2. The monoisotopic (exact) mass is 391 g/mol. The van der Waals surface area contributed by atoms with Gasteiger partial charge in [-0.25, -0.2) is 12.8 Å². The summed E-state index contributed by atoms with van der Waals surface area (Å²) in [6, 6.07) is 4.46. The normalized spacial score (nSPS) is 16.1. The van der Waals surface area contributed by atoms with Crippen LogP contribution in [0.1, 0.15) is 12.0 Å². The third-order valence-corrected chi connectivity index (χ3v) is 6.31. The summed E-state index contributed by atoms with van der Waals surface area (Å²) in [5.74, 6) is 0.0687. The molecule has 11 heteroatoms. The summed E-state index contributed by atoms with van der Waals surface area (Å²) in [6.45, 7) is 0.557. The average Bonchev–Trinajstić information content (AvgIpc) is 3.16. The number of nitrogens with two attached hydrogens (primary N) is 1. The van der Waals surface area contributed by atoms with E-state index in [-0.39, 0.29) is 18.0 Å². The average molecular weight is 391 g/mol. The highest BCUT2D eigenvalue weighted by Gasteiger charge is 2.30. The molecule has 27 heavy (non-hydrogen) atoms. The van der Waals surface area contributed by atoms with Crippen molar-refractivity contribution in [2.45, 2.75) is 13.0 Å². The molecule has 0 aliphatic carbocycles. The summed E-state index contributed by atoms with van der Waals surface area (Å²) in [5.41, 5.74) is 7.20. The Labute approximate surface area is 155 Å². The van der Waals surface area contributed by atoms with Crippen molar-refractivity contribution < 1.29 is 12.8 Å². The zero-order valence-electron chi connectivity index (χ0n) is 14.6. The van der Waals surface area contributed by atoms with E-state index in [4.69, 9.17) is 5.73 Å². The van der Waals surface area contributed by atoms with Crippen molar-refractivity contribution in [3.05, 3.63) is 35.8 Å². The van der Waals surface area contributed by atoms with Crippen LogP contribution in [-0.2, 0) is 23.6 Å². The van der Waals surface area contributed by atoms with Crippen LogP contribution in [0.25, 0.3) is 11.0 Å². The van der Waals surface area contributed by atoms with Gasteiger partial charge >= 0.3 is 0 Å². The number of nitrogens with one attached hydrogen (secondary N) is 1. The molecule has 0 unspecified atom stereocenters. The van der Waals surface area contributed by atoms with E-state index in [9.17, 15) is 12.8 Å². The lowest BCUT2D eigenvalue weighted by Gasteiger charge is -2.18. The van der Waals surface area contributed by atoms with E-state index in [0.717, 1.165) is 4.31 Å². The Morgan fingerprint density at radius 1 is 1.33 bits per heavy atom. The molecule has 0 bridgehead atoms. The van der Waals surface area contributed by atoms with Gasteiger partial charge in [-0.15, -0.1) is 0 Å². The van der Waals surface area contributed by atoms with Gasteiger partial charge in [0, 0.05) is 20.1 Å². The Hall–Kier alpha value is -2.95. The van der Waals surface area contributed by atoms with Crippen LogP contribution in [0.3, 0.4) is 0 Å². The third kappa shape index (κ3) is 3.14. The third-order valence-electron chi connectivity index (χ3n) is 4.45. The Balaban J connectivity index is 1.54. The zero-order chi connectivity index (χ0) is 19.2. The molecule has 3 N–H and O–H groups in total. The number of fused-ring (bicyclic) bond motifs is 1. The van der Waals surface area contributed by atoms with Gasteiger partial charge in [-0.05, 0) is 24.1 Å². The van der Waals surface area contributed by atoms with Crippen LogP contribution in [0.15, 0.2) is 24.4 Å². The van der Waals surface area contributed by atoms with Gasteiger partial charge in [-0.1, -0.05) is 6.07 Å². The van der Waals surface area contributed by atoms with E-state index in [0.29, 0.717) is 41.3 Å². The lowest BCUT2D eigenvalue weighted by Crippen LogP contribution is -2.26. The fourth-order valence-corrected chi connectivity index (χ4v) is 4.65. The molecule has 0 atom stereocenters. The first-order valence-electron chi connectivity index (χ1n) is 8.33. The van der Waals surface area contributed by atoms with Crippen LogP contribution >= 0.6 is 0 Å². The minimum Gasteiger partial charge on any atom is -0.383 e. The summed E-state index contributed by atoms with van der Waals surface area (Å²) in [4.78, 5) is 8.52. The Morgan fingerprint density at radius 3 is 2.85 bits per heavy atom. The smallest absolute Gasteiger partial charge is 0.235 e. The summed E-state index contributed by atoms with van der Waals surface area (Å²) < 4.78 is 41.1. The van der Waals surface area contributed by atoms with Crippen molar-refractivity contribution in [2.24, 2.45) is 7.05 Å². The van der Waals surface area contributed by atoms with Crippen LogP contribution < -0.4 is 15.4 Å². The minimum atomic E-state index is -3.42. The molecule has 9 nitrogen and oxygen atoms in total. The molecule has 142 valence electrons. The summed E-state index contributed by atoms with van der Waals surface area (Å²) in [5, 5.41) is 7.75. The van der Waals surface area contributed by atoms with Gasteiger partial charge in [-0.3, -0.25) is 8.99 Å². The van der Waals surface area contributed by atoms with Crippen molar-refractivity contribution >= 4 is 38.5 Å². The maximum absolute atomic E-state index is 14.5. The van der Waals surface area contributed by atoms with Crippen molar-refractivity contribution in [1.29, 1.82) is 0 Å². The summed E-state index contributed by atoms with van der Waals surface area (Å²) >= 11 is 0. The van der Waals surface area contributed by atoms with Gasteiger partial charge in [0.1, 0.15) is 11.6 Å². The van der Waals surface area contributed by atoms with E-state index < -0.39 is 15.8 Å². The quantitative estimate of drug-likeness (QED) is 0.687. The molecule has 2 aromatic heterocycles. The predicted molar refractivity (Wildman–Crippen MR) is 100 cm³/mol. The van der Waals surface area contributed by atoms with Crippen LogP contribution in [0, 0.1) is 5.82 Å². The first-order chi connectivity index (χ1) is 12.8. The van der Waals surface area contributed by atoms with E-state index in [1.807, 2.05) is 0 Å². The minimum absolute atomic E-state index is 0.0466. The molecule has 1 saturated heterocycles. The van der Waals surface area contributed by atoms with Gasteiger partial charge in [-0.2, -0.15) is 15.1 Å². The van der Waals surface area contributed by atoms with Crippen LogP contribution in [0.2, 0.25) is 0 Å². The summed E-state index contributed by atoms with van der Waals surface area (Å²) in [7, 11) is -1.67. The molecule has 4 rings (SSSR count). The fraction of sp³-hybridized carbons (Fsp3) is 0.312. The maximum Gasteiger partial charge on any atom is 0.235 e. The second kappa shape index (κ2) is 6.34. The van der Waals surface area contributed by atoms with Crippen LogP contribution in [-0.4, -0.2) is 40.5 Å². The van der Waals surface area contributed by atoms with E-state index >= 15 is 0 Å². The molecule has 0 saturated carbocycles. The Morgan fingerprint density at radius 2 is 2.15 bits per heavy atom. The second-order valence-corrected chi connectivity index (χ2v) is 8.33. The van der Waals surface area contributed by atoms with Crippen molar-refractivity contribution in [3.8, 4) is 0 Å². The number of aromatic nitrogens is 4. The van der Waals surface area contributed by atoms with Crippen molar-refractivity contribution in [3.63, 3.8) is 0 Å². The van der Waals surface area contributed by atoms with E-state index in [1.54, 1.807) is 24.0 Å². The highest BCUT2D eigenvalue weighted by molar-refractivity contribution is 7.93. The SMILES string of the molecule is Cn1ncc2c(N)nc(NCc3ccc(N4CCCS4(=O)=O)c(F)c3)nc21. The zero-order valence-corrected chi connectivity index (χ0v) is 15.4. The fourth-order valence-electron chi connectivity index (χ4n) is 3.08. The molecule has 1 aliphatic rings. The Bertz CT molecular complexity index is 1130. The number of sulfonamides is 1. The first kappa shape index (κ1) is 17.5. The maximum atomic E-state index is 14.5. The molecular formula is C16H18FN7O2S. The molecule has 1 aliphatic heterocycles.